The molecule has 0 bridgehead atoms. The molecule has 2 aromatic carbocycles. The molecule has 0 saturated heterocycles. The Balaban J connectivity index is 1.90. The minimum atomic E-state index is -4.60. The van der Waals surface area contributed by atoms with Crippen molar-refractivity contribution in [2.75, 3.05) is 11.9 Å². The fourth-order valence-electron chi connectivity index (χ4n) is 3.74. The highest BCUT2D eigenvalue weighted by atomic mass is 19.4. The molecule has 2 aromatic rings. The molecule has 28 heavy (non-hydrogen) atoms. The Bertz CT molecular complexity index is 841. The van der Waals surface area contributed by atoms with Gasteiger partial charge in [0.1, 0.15) is 12.4 Å². The van der Waals surface area contributed by atoms with Gasteiger partial charge in [-0.25, -0.2) is 0 Å². The van der Waals surface area contributed by atoms with E-state index in [0.717, 1.165) is 24.5 Å². The number of ether oxygens (including phenoxy) is 1. The van der Waals surface area contributed by atoms with E-state index in [0.29, 0.717) is 12.8 Å². The van der Waals surface area contributed by atoms with Crippen LogP contribution < -0.4 is 10.1 Å². The maximum Gasteiger partial charge on any atom is 0.420 e. The van der Waals surface area contributed by atoms with E-state index in [2.05, 4.69) is 11.9 Å². The minimum Gasteiger partial charge on any atom is -0.489 e. The molecule has 1 aliphatic carbocycles. The summed E-state index contributed by atoms with van der Waals surface area (Å²) in [5.74, 6) is -0.562. The van der Waals surface area contributed by atoms with Crippen LogP contribution in [0.1, 0.15) is 36.8 Å². The van der Waals surface area contributed by atoms with Crippen LogP contribution in [0.5, 0.6) is 5.75 Å². The molecule has 0 unspecified atom stereocenters. The Morgan fingerprint density at radius 3 is 2.43 bits per heavy atom. The van der Waals surface area contributed by atoms with Gasteiger partial charge in [0.25, 0.3) is 0 Å². The molecule has 0 heterocycles. The summed E-state index contributed by atoms with van der Waals surface area (Å²) < 4.78 is 45.4. The van der Waals surface area contributed by atoms with E-state index >= 15 is 0 Å². The molecule has 0 aromatic heterocycles. The normalized spacial score (nSPS) is 15.8. The zero-order valence-corrected chi connectivity index (χ0v) is 15.4. The molecule has 1 saturated carbocycles. The van der Waals surface area contributed by atoms with Crippen molar-refractivity contribution >= 4 is 11.6 Å². The third-order valence-electron chi connectivity index (χ3n) is 5.12. The number of nitrogens with one attached hydrogen (secondary N) is 1. The number of carbonyl (C=O) groups excluding carboxylic acids is 1. The molecule has 148 valence electrons. The first-order valence-electron chi connectivity index (χ1n) is 9.19. The molecular formula is C22H22F3NO2. The topological polar surface area (TPSA) is 38.3 Å². The van der Waals surface area contributed by atoms with Gasteiger partial charge in [0.05, 0.1) is 11.0 Å². The van der Waals surface area contributed by atoms with Gasteiger partial charge in [-0.05, 0) is 36.6 Å². The highest BCUT2D eigenvalue weighted by molar-refractivity contribution is 5.99. The lowest BCUT2D eigenvalue weighted by Gasteiger charge is -2.28. The lowest BCUT2D eigenvalue weighted by atomic mass is 9.78. The second kappa shape index (κ2) is 8.09. The van der Waals surface area contributed by atoms with E-state index in [1.54, 1.807) is 0 Å². The number of carbonyl (C=O) groups is 1. The largest absolute Gasteiger partial charge is 0.489 e. The number of hydrogen-bond donors (Lipinski definition) is 1. The molecule has 1 aliphatic rings. The van der Waals surface area contributed by atoms with Gasteiger partial charge in [0.2, 0.25) is 5.91 Å². The molecule has 1 amide bonds. The number of benzene rings is 2. The second-order valence-electron chi connectivity index (χ2n) is 6.92. The first kappa shape index (κ1) is 20.0. The standard InChI is InChI=1S/C22H22F3NO2/c1-2-14-28-19-11-10-17(15-18(19)22(23,24)25)26-20(27)21(12-6-7-13-21)16-8-4-3-5-9-16/h2-5,8-11,15H,1,6-7,12-14H2,(H,26,27). The van der Waals surface area contributed by atoms with Gasteiger partial charge in [-0.15, -0.1) is 0 Å². The van der Waals surface area contributed by atoms with Crippen LogP contribution >= 0.6 is 0 Å². The van der Waals surface area contributed by atoms with Crippen molar-refractivity contribution in [1.29, 1.82) is 0 Å². The summed E-state index contributed by atoms with van der Waals surface area (Å²) in [6.45, 7) is 3.41. The first-order valence-corrected chi connectivity index (χ1v) is 9.19. The van der Waals surface area contributed by atoms with Gasteiger partial charge in [-0.2, -0.15) is 13.2 Å². The molecule has 3 rings (SSSR count). The van der Waals surface area contributed by atoms with Crippen LogP contribution in [0.25, 0.3) is 0 Å². The van der Waals surface area contributed by atoms with E-state index in [1.165, 1.54) is 18.2 Å². The van der Waals surface area contributed by atoms with Crippen molar-refractivity contribution in [2.45, 2.75) is 37.3 Å². The summed E-state index contributed by atoms with van der Waals surface area (Å²) in [6.07, 6.45) is -0.0544. The maximum atomic E-state index is 13.4. The van der Waals surface area contributed by atoms with E-state index in [-0.39, 0.29) is 24.0 Å². The van der Waals surface area contributed by atoms with Gasteiger partial charge in [0, 0.05) is 5.69 Å². The lowest BCUT2D eigenvalue weighted by Crippen LogP contribution is -2.38. The van der Waals surface area contributed by atoms with E-state index in [9.17, 15) is 18.0 Å². The molecule has 0 spiro atoms. The Kier molecular flexibility index (Phi) is 5.77. The number of rotatable bonds is 6. The zero-order valence-electron chi connectivity index (χ0n) is 15.4. The highest BCUT2D eigenvalue weighted by Gasteiger charge is 2.43. The first-order chi connectivity index (χ1) is 13.4. The Labute approximate surface area is 162 Å². The van der Waals surface area contributed by atoms with Crippen LogP contribution in [0.4, 0.5) is 18.9 Å². The van der Waals surface area contributed by atoms with Crippen LogP contribution in [0.2, 0.25) is 0 Å². The quantitative estimate of drug-likeness (QED) is 0.642. The van der Waals surface area contributed by atoms with Crippen LogP contribution in [0.15, 0.2) is 61.2 Å². The minimum absolute atomic E-state index is 0.0358. The zero-order chi connectivity index (χ0) is 20.2. The van der Waals surface area contributed by atoms with Gasteiger partial charge >= 0.3 is 6.18 Å². The van der Waals surface area contributed by atoms with E-state index in [4.69, 9.17) is 4.74 Å². The Hall–Kier alpha value is -2.76. The average molecular weight is 389 g/mol. The molecule has 6 heteroatoms. The van der Waals surface area contributed by atoms with Crippen LogP contribution in [-0.4, -0.2) is 12.5 Å². The third-order valence-corrected chi connectivity index (χ3v) is 5.12. The summed E-state index contributed by atoms with van der Waals surface area (Å²) in [4.78, 5) is 13.1. The van der Waals surface area contributed by atoms with Gasteiger partial charge in [-0.3, -0.25) is 4.79 Å². The second-order valence-corrected chi connectivity index (χ2v) is 6.92. The van der Waals surface area contributed by atoms with Gasteiger partial charge < -0.3 is 10.1 Å². The summed E-state index contributed by atoms with van der Waals surface area (Å²) in [5.41, 5.74) is -0.637. The monoisotopic (exact) mass is 389 g/mol. The fourth-order valence-corrected chi connectivity index (χ4v) is 3.74. The Morgan fingerprint density at radius 1 is 1.14 bits per heavy atom. The molecular weight excluding hydrogens is 367 g/mol. The van der Waals surface area contributed by atoms with Gasteiger partial charge in [-0.1, -0.05) is 55.8 Å². The molecule has 0 atom stereocenters. The number of alkyl halides is 3. The number of hydrogen-bond acceptors (Lipinski definition) is 2. The number of anilines is 1. The van der Waals surface area contributed by atoms with Crippen LogP contribution in [0, 0.1) is 0 Å². The lowest BCUT2D eigenvalue weighted by molar-refractivity contribution is -0.138. The predicted molar refractivity (Wildman–Crippen MR) is 102 cm³/mol. The Morgan fingerprint density at radius 2 is 1.82 bits per heavy atom. The number of amides is 1. The third kappa shape index (κ3) is 4.06. The summed E-state index contributed by atoms with van der Waals surface area (Å²) in [6, 6.07) is 13.0. The van der Waals surface area contributed by atoms with Gasteiger partial charge in [0.15, 0.2) is 0 Å². The van der Waals surface area contributed by atoms with E-state index in [1.807, 2.05) is 30.3 Å². The summed E-state index contributed by atoms with van der Waals surface area (Å²) >= 11 is 0. The molecule has 0 radical (unpaired) electrons. The predicted octanol–water partition coefficient (Wildman–Crippen LogP) is 5.72. The van der Waals surface area contributed by atoms with Crippen molar-refractivity contribution in [1.82, 2.24) is 0 Å². The fraction of sp³-hybridized carbons (Fsp3) is 0.318. The number of halogens is 3. The van der Waals surface area contributed by atoms with E-state index < -0.39 is 17.2 Å². The molecule has 3 nitrogen and oxygen atoms in total. The van der Waals surface area contributed by atoms with Crippen molar-refractivity contribution < 1.29 is 22.7 Å². The average Bonchev–Trinajstić information content (AvgIpc) is 3.18. The highest BCUT2D eigenvalue weighted by Crippen LogP contribution is 2.43. The summed E-state index contributed by atoms with van der Waals surface area (Å²) in [5, 5.41) is 2.70. The summed E-state index contributed by atoms with van der Waals surface area (Å²) in [7, 11) is 0. The van der Waals surface area contributed by atoms with Crippen LogP contribution in [-0.2, 0) is 16.4 Å². The molecule has 0 aliphatic heterocycles. The maximum absolute atomic E-state index is 13.4. The molecule has 1 N–H and O–H groups in total. The van der Waals surface area contributed by atoms with Crippen molar-refractivity contribution in [3.05, 3.63) is 72.3 Å². The SMILES string of the molecule is C=CCOc1ccc(NC(=O)C2(c3ccccc3)CCCC2)cc1C(F)(F)F. The van der Waals surface area contributed by atoms with Crippen molar-refractivity contribution in [3.63, 3.8) is 0 Å². The van der Waals surface area contributed by atoms with Crippen molar-refractivity contribution in [2.24, 2.45) is 0 Å². The van der Waals surface area contributed by atoms with Crippen LogP contribution in [0.3, 0.4) is 0 Å². The smallest absolute Gasteiger partial charge is 0.420 e. The molecule has 1 fully saturated rings. The van der Waals surface area contributed by atoms with Crippen molar-refractivity contribution in [3.8, 4) is 5.75 Å².